The number of ether oxygens (including phenoxy) is 3. The number of methoxy groups -OCH3 is 3. The molecule has 0 aliphatic carbocycles. The molecule has 25 heavy (non-hydrogen) atoms. The lowest BCUT2D eigenvalue weighted by Gasteiger charge is -2.05. The van der Waals surface area contributed by atoms with Gasteiger partial charge in [-0.1, -0.05) is 18.2 Å². The van der Waals surface area contributed by atoms with Gasteiger partial charge < -0.3 is 14.2 Å². The maximum atomic E-state index is 12.1. The second-order valence-electron chi connectivity index (χ2n) is 5.50. The van der Waals surface area contributed by atoms with Gasteiger partial charge in [-0.15, -0.1) is 0 Å². The lowest BCUT2D eigenvalue weighted by molar-refractivity contribution is -0.110. The minimum Gasteiger partial charge on any atom is -0.497 e. The molecule has 0 spiro atoms. The fraction of sp³-hybridized carbons (Fsp3) is 0.190. The SMILES string of the molecule is COc1cc(C)cc(/C=C/C(=O)/C=C/c2cc(OC)cc(OC)c2)c1. The average Bonchev–Trinajstić information content (AvgIpc) is 2.63. The topological polar surface area (TPSA) is 44.8 Å². The first-order valence-electron chi connectivity index (χ1n) is 7.83. The number of aryl methyl sites for hydroxylation is 1. The molecule has 4 nitrogen and oxygen atoms in total. The minimum absolute atomic E-state index is 0.109. The Morgan fingerprint density at radius 3 is 1.64 bits per heavy atom. The molecule has 0 atom stereocenters. The molecule has 0 fully saturated rings. The van der Waals surface area contributed by atoms with Gasteiger partial charge in [0.05, 0.1) is 21.3 Å². The third-order valence-corrected chi connectivity index (χ3v) is 3.56. The van der Waals surface area contributed by atoms with Gasteiger partial charge in [0.1, 0.15) is 17.2 Å². The van der Waals surface area contributed by atoms with Crippen LogP contribution < -0.4 is 14.2 Å². The standard InChI is InChI=1S/C21H22O4/c1-15-9-16(11-19(10-15)23-2)5-7-18(22)8-6-17-12-20(24-3)14-21(13-17)25-4/h5-14H,1-4H3/b7-5+,8-6+. The van der Waals surface area contributed by atoms with Crippen LogP contribution in [0.15, 0.2) is 48.6 Å². The van der Waals surface area contributed by atoms with Crippen LogP contribution in [-0.4, -0.2) is 27.1 Å². The number of benzene rings is 2. The van der Waals surface area contributed by atoms with Gasteiger partial charge in [0.2, 0.25) is 0 Å². The van der Waals surface area contributed by atoms with Crippen molar-refractivity contribution in [1.29, 1.82) is 0 Å². The van der Waals surface area contributed by atoms with E-state index in [0.29, 0.717) is 11.5 Å². The summed E-state index contributed by atoms with van der Waals surface area (Å²) in [4.78, 5) is 12.1. The van der Waals surface area contributed by atoms with Crippen molar-refractivity contribution in [3.8, 4) is 17.2 Å². The predicted molar refractivity (Wildman–Crippen MR) is 100 cm³/mol. The van der Waals surface area contributed by atoms with Crippen LogP contribution in [0.2, 0.25) is 0 Å². The molecular formula is C21H22O4. The molecule has 0 saturated carbocycles. The van der Waals surface area contributed by atoms with Crippen LogP contribution in [0.5, 0.6) is 17.2 Å². The molecule has 2 aromatic carbocycles. The first-order valence-corrected chi connectivity index (χ1v) is 7.83. The smallest absolute Gasteiger partial charge is 0.178 e. The maximum absolute atomic E-state index is 12.1. The van der Waals surface area contributed by atoms with E-state index >= 15 is 0 Å². The average molecular weight is 338 g/mol. The van der Waals surface area contributed by atoms with Crippen LogP contribution in [0, 0.1) is 6.92 Å². The summed E-state index contributed by atoms with van der Waals surface area (Å²) in [5.74, 6) is 2.01. The van der Waals surface area contributed by atoms with Crippen LogP contribution in [-0.2, 0) is 4.79 Å². The molecule has 0 heterocycles. The summed E-state index contributed by atoms with van der Waals surface area (Å²) in [6, 6.07) is 11.3. The summed E-state index contributed by atoms with van der Waals surface area (Å²) in [6.45, 7) is 1.98. The van der Waals surface area contributed by atoms with E-state index in [1.54, 1.807) is 39.5 Å². The number of hydrogen-bond donors (Lipinski definition) is 0. The fourth-order valence-corrected chi connectivity index (χ4v) is 2.33. The number of carbonyl (C=O) groups excluding carboxylic acids is 1. The molecule has 0 amide bonds. The van der Waals surface area contributed by atoms with Crippen LogP contribution in [0.25, 0.3) is 12.2 Å². The van der Waals surface area contributed by atoms with Crippen LogP contribution >= 0.6 is 0 Å². The summed E-state index contributed by atoms with van der Waals surface area (Å²) in [5.41, 5.74) is 2.82. The number of ketones is 1. The summed E-state index contributed by atoms with van der Waals surface area (Å²) < 4.78 is 15.7. The highest BCUT2D eigenvalue weighted by molar-refractivity contribution is 6.04. The third-order valence-electron chi connectivity index (χ3n) is 3.56. The molecule has 0 aliphatic rings. The molecule has 0 saturated heterocycles. The number of carbonyl (C=O) groups is 1. The Morgan fingerprint density at radius 2 is 1.16 bits per heavy atom. The molecule has 4 heteroatoms. The van der Waals surface area contributed by atoms with Crippen molar-refractivity contribution in [3.63, 3.8) is 0 Å². The zero-order valence-corrected chi connectivity index (χ0v) is 14.9. The van der Waals surface area contributed by atoms with Crippen molar-refractivity contribution in [3.05, 3.63) is 65.2 Å². The van der Waals surface area contributed by atoms with Crippen molar-refractivity contribution in [2.24, 2.45) is 0 Å². The molecule has 0 N–H and O–H groups in total. The zero-order valence-electron chi connectivity index (χ0n) is 14.9. The van der Waals surface area contributed by atoms with Crippen molar-refractivity contribution in [2.45, 2.75) is 6.92 Å². The Balaban J connectivity index is 2.12. The Bertz CT molecular complexity index is 781. The second kappa shape index (κ2) is 8.73. The molecule has 0 unspecified atom stereocenters. The third kappa shape index (κ3) is 5.53. The van der Waals surface area contributed by atoms with E-state index in [4.69, 9.17) is 14.2 Å². The number of allylic oxidation sites excluding steroid dienone is 2. The minimum atomic E-state index is -0.109. The predicted octanol–water partition coefficient (Wildman–Crippen LogP) is 4.32. The molecule has 2 aromatic rings. The van der Waals surface area contributed by atoms with Crippen molar-refractivity contribution < 1.29 is 19.0 Å². The molecule has 130 valence electrons. The Labute approximate surface area is 148 Å². The van der Waals surface area contributed by atoms with Gasteiger partial charge in [-0.05, 0) is 60.0 Å². The fourth-order valence-electron chi connectivity index (χ4n) is 2.33. The van der Waals surface area contributed by atoms with Crippen molar-refractivity contribution in [1.82, 2.24) is 0 Å². The van der Waals surface area contributed by atoms with E-state index in [1.807, 2.05) is 37.3 Å². The van der Waals surface area contributed by atoms with Gasteiger partial charge in [0.25, 0.3) is 0 Å². The van der Waals surface area contributed by atoms with Gasteiger partial charge >= 0.3 is 0 Å². The molecular weight excluding hydrogens is 316 g/mol. The molecule has 0 aliphatic heterocycles. The van der Waals surface area contributed by atoms with Crippen LogP contribution in [0.3, 0.4) is 0 Å². The molecule has 0 radical (unpaired) electrons. The van der Waals surface area contributed by atoms with Gasteiger partial charge in [-0.2, -0.15) is 0 Å². The van der Waals surface area contributed by atoms with E-state index in [1.165, 1.54) is 12.2 Å². The largest absolute Gasteiger partial charge is 0.497 e. The summed E-state index contributed by atoms with van der Waals surface area (Å²) >= 11 is 0. The van der Waals surface area contributed by atoms with Gasteiger partial charge in [0, 0.05) is 6.07 Å². The quantitative estimate of drug-likeness (QED) is 0.706. The first-order chi connectivity index (χ1) is 12.0. The highest BCUT2D eigenvalue weighted by Gasteiger charge is 2.00. The maximum Gasteiger partial charge on any atom is 0.178 e. The van der Waals surface area contributed by atoms with Crippen molar-refractivity contribution in [2.75, 3.05) is 21.3 Å². The van der Waals surface area contributed by atoms with E-state index in [0.717, 1.165) is 22.4 Å². The van der Waals surface area contributed by atoms with Crippen LogP contribution in [0.4, 0.5) is 0 Å². The van der Waals surface area contributed by atoms with Crippen molar-refractivity contribution >= 4 is 17.9 Å². The Morgan fingerprint density at radius 1 is 0.720 bits per heavy atom. The Hall–Kier alpha value is -3.01. The van der Waals surface area contributed by atoms with Gasteiger partial charge in [-0.25, -0.2) is 0 Å². The summed E-state index contributed by atoms with van der Waals surface area (Å²) in [6.07, 6.45) is 6.54. The van der Waals surface area contributed by atoms with Gasteiger partial charge in [0.15, 0.2) is 5.78 Å². The molecule has 0 aromatic heterocycles. The normalized spacial score (nSPS) is 11.0. The first kappa shape index (κ1) is 18.3. The zero-order chi connectivity index (χ0) is 18.2. The van der Waals surface area contributed by atoms with E-state index in [9.17, 15) is 4.79 Å². The van der Waals surface area contributed by atoms with Gasteiger partial charge in [-0.3, -0.25) is 4.79 Å². The lowest BCUT2D eigenvalue weighted by atomic mass is 10.1. The lowest BCUT2D eigenvalue weighted by Crippen LogP contribution is -1.89. The number of hydrogen-bond acceptors (Lipinski definition) is 4. The summed E-state index contributed by atoms with van der Waals surface area (Å²) in [7, 11) is 4.80. The highest BCUT2D eigenvalue weighted by Crippen LogP contribution is 2.23. The monoisotopic (exact) mass is 338 g/mol. The Kier molecular flexibility index (Phi) is 6.40. The number of rotatable bonds is 7. The second-order valence-corrected chi connectivity index (χ2v) is 5.50. The summed E-state index contributed by atoms with van der Waals surface area (Å²) in [5, 5.41) is 0. The van der Waals surface area contributed by atoms with E-state index in [-0.39, 0.29) is 5.78 Å². The molecule has 0 bridgehead atoms. The molecule has 2 rings (SSSR count). The van der Waals surface area contributed by atoms with E-state index in [2.05, 4.69) is 0 Å². The van der Waals surface area contributed by atoms with Crippen LogP contribution in [0.1, 0.15) is 16.7 Å². The van der Waals surface area contributed by atoms with E-state index < -0.39 is 0 Å². The highest BCUT2D eigenvalue weighted by atomic mass is 16.5.